The molecule has 1 aromatic heterocycles. The summed E-state index contributed by atoms with van der Waals surface area (Å²) in [5.41, 5.74) is 0.411. The maximum Gasteiger partial charge on any atom is 0.268 e. The number of hydrogen-bond donors (Lipinski definition) is 0. The average Bonchev–Trinajstić information content (AvgIpc) is 3.09. The molecule has 0 bridgehead atoms. The Morgan fingerprint density at radius 3 is 2.61 bits per heavy atom. The third kappa shape index (κ3) is 3.62. The van der Waals surface area contributed by atoms with E-state index in [1.807, 2.05) is 0 Å². The molecule has 1 fully saturated rings. The van der Waals surface area contributed by atoms with Crippen molar-refractivity contribution in [3.05, 3.63) is 59.5 Å². The standard InChI is InChI=1S/C20H20ClFN2O3S/c1-23-9-7-16(8-10-23)27-20-13-17(3-4-18(20)21)28(25,26)24-11-6-14-12-15(22)2-5-19(14)24/h2-6,11-13,16H,7-10H2,1H3. The summed E-state index contributed by atoms with van der Waals surface area (Å²) in [6.45, 7) is 1.85. The third-order valence-corrected chi connectivity index (χ3v) is 7.03. The zero-order valence-electron chi connectivity index (χ0n) is 15.3. The molecule has 2 heterocycles. The van der Waals surface area contributed by atoms with Gasteiger partial charge in [0.25, 0.3) is 10.0 Å². The molecule has 4 rings (SSSR count). The van der Waals surface area contributed by atoms with E-state index in [4.69, 9.17) is 16.3 Å². The van der Waals surface area contributed by atoms with Gasteiger partial charge in [0, 0.05) is 30.7 Å². The van der Waals surface area contributed by atoms with Gasteiger partial charge in [-0.05, 0) is 56.3 Å². The van der Waals surface area contributed by atoms with Gasteiger partial charge in [-0.2, -0.15) is 0 Å². The molecule has 0 N–H and O–H groups in total. The van der Waals surface area contributed by atoms with Crippen LogP contribution in [0.25, 0.3) is 10.9 Å². The third-order valence-electron chi connectivity index (χ3n) is 5.04. The van der Waals surface area contributed by atoms with Gasteiger partial charge in [-0.3, -0.25) is 0 Å². The van der Waals surface area contributed by atoms with Crippen molar-refractivity contribution in [2.75, 3.05) is 20.1 Å². The molecule has 2 aromatic carbocycles. The van der Waals surface area contributed by atoms with Crippen LogP contribution in [-0.4, -0.2) is 43.5 Å². The Labute approximate surface area is 168 Å². The van der Waals surface area contributed by atoms with Gasteiger partial charge in [0.15, 0.2) is 0 Å². The van der Waals surface area contributed by atoms with E-state index in [-0.39, 0.29) is 11.0 Å². The molecule has 1 saturated heterocycles. The zero-order chi connectivity index (χ0) is 19.9. The molecule has 28 heavy (non-hydrogen) atoms. The first-order chi connectivity index (χ1) is 13.3. The second-order valence-electron chi connectivity index (χ2n) is 7.03. The lowest BCUT2D eigenvalue weighted by Gasteiger charge is -2.29. The van der Waals surface area contributed by atoms with Gasteiger partial charge < -0.3 is 9.64 Å². The Bertz CT molecular complexity index is 1120. The molecule has 0 unspecified atom stereocenters. The van der Waals surface area contributed by atoms with Crippen molar-refractivity contribution < 1.29 is 17.5 Å². The summed E-state index contributed by atoms with van der Waals surface area (Å²) in [6, 6.07) is 10.0. The summed E-state index contributed by atoms with van der Waals surface area (Å²) in [4.78, 5) is 2.30. The molecule has 0 spiro atoms. The number of hydrogen-bond acceptors (Lipinski definition) is 4. The van der Waals surface area contributed by atoms with Crippen molar-refractivity contribution in [1.29, 1.82) is 0 Å². The van der Waals surface area contributed by atoms with Crippen molar-refractivity contribution in [1.82, 2.24) is 8.87 Å². The van der Waals surface area contributed by atoms with Crippen LogP contribution in [0.4, 0.5) is 4.39 Å². The number of benzene rings is 2. The van der Waals surface area contributed by atoms with Crippen molar-refractivity contribution in [3.63, 3.8) is 0 Å². The van der Waals surface area contributed by atoms with Crippen LogP contribution >= 0.6 is 11.6 Å². The predicted molar refractivity (Wildman–Crippen MR) is 107 cm³/mol. The molecule has 1 aliphatic heterocycles. The molecule has 0 saturated carbocycles. The fourth-order valence-electron chi connectivity index (χ4n) is 3.43. The lowest BCUT2D eigenvalue weighted by molar-refractivity contribution is 0.114. The molecule has 0 atom stereocenters. The van der Waals surface area contributed by atoms with Crippen LogP contribution in [0.5, 0.6) is 5.75 Å². The molecular weight excluding hydrogens is 403 g/mol. The minimum atomic E-state index is -3.88. The Kier molecular flexibility index (Phi) is 5.07. The average molecular weight is 423 g/mol. The van der Waals surface area contributed by atoms with Gasteiger partial charge >= 0.3 is 0 Å². The first-order valence-corrected chi connectivity index (χ1v) is 10.8. The predicted octanol–water partition coefficient (Wildman–Crippen LogP) is 4.14. The Morgan fingerprint density at radius 1 is 1.11 bits per heavy atom. The van der Waals surface area contributed by atoms with E-state index < -0.39 is 15.8 Å². The molecular formula is C20H20ClFN2O3S. The number of halogens is 2. The molecule has 8 heteroatoms. The largest absolute Gasteiger partial charge is 0.489 e. The van der Waals surface area contributed by atoms with Gasteiger partial charge in [0.05, 0.1) is 15.4 Å². The van der Waals surface area contributed by atoms with Crippen molar-refractivity contribution in [2.45, 2.75) is 23.8 Å². The highest BCUT2D eigenvalue weighted by Crippen LogP contribution is 2.32. The molecule has 3 aromatic rings. The summed E-state index contributed by atoms with van der Waals surface area (Å²) in [5, 5.41) is 0.887. The summed E-state index contributed by atoms with van der Waals surface area (Å²) >= 11 is 6.25. The van der Waals surface area contributed by atoms with E-state index in [2.05, 4.69) is 11.9 Å². The zero-order valence-corrected chi connectivity index (χ0v) is 16.9. The van der Waals surface area contributed by atoms with E-state index in [0.29, 0.717) is 21.7 Å². The molecule has 1 aliphatic rings. The number of aromatic nitrogens is 1. The van der Waals surface area contributed by atoms with E-state index in [1.54, 1.807) is 6.07 Å². The van der Waals surface area contributed by atoms with Crippen molar-refractivity contribution in [2.24, 2.45) is 0 Å². The van der Waals surface area contributed by atoms with Crippen molar-refractivity contribution >= 4 is 32.5 Å². The fraction of sp³-hybridized carbons (Fsp3) is 0.300. The summed E-state index contributed by atoms with van der Waals surface area (Å²) in [6.07, 6.45) is 3.14. The van der Waals surface area contributed by atoms with Crippen LogP contribution in [-0.2, 0) is 10.0 Å². The lowest BCUT2D eigenvalue weighted by Crippen LogP contribution is -2.35. The van der Waals surface area contributed by atoms with Gasteiger partial charge in [-0.15, -0.1) is 0 Å². The van der Waals surface area contributed by atoms with E-state index in [0.717, 1.165) is 29.9 Å². The minimum Gasteiger partial charge on any atom is -0.489 e. The van der Waals surface area contributed by atoms with Gasteiger partial charge in [0.2, 0.25) is 0 Å². The SMILES string of the molecule is CN1CCC(Oc2cc(S(=O)(=O)n3ccc4cc(F)ccc43)ccc2Cl)CC1. The van der Waals surface area contributed by atoms with E-state index >= 15 is 0 Å². The van der Waals surface area contributed by atoms with E-state index in [9.17, 15) is 12.8 Å². The highest BCUT2D eigenvalue weighted by Gasteiger charge is 2.23. The molecule has 148 valence electrons. The van der Waals surface area contributed by atoms with Gasteiger partial charge in [0.1, 0.15) is 17.7 Å². The Hall–Kier alpha value is -2.09. The van der Waals surface area contributed by atoms with Gasteiger partial charge in [-0.1, -0.05) is 11.6 Å². The summed E-state index contributed by atoms with van der Waals surface area (Å²) in [7, 11) is -1.82. The van der Waals surface area contributed by atoms with Crippen LogP contribution in [0.1, 0.15) is 12.8 Å². The highest BCUT2D eigenvalue weighted by atomic mass is 35.5. The number of fused-ring (bicyclic) bond motifs is 1. The molecule has 0 amide bonds. The van der Waals surface area contributed by atoms with Crippen LogP contribution in [0.2, 0.25) is 5.02 Å². The molecule has 0 aliphatic carbocycles. The van der Waals surface area contributed by atoms with Crippen molar-refractivity contribution in [3.8, 4) is 5.75 Å². The molecule has 5 nitrogen and oxygen atoms in total. The molecule has 0 radical (unpaired) electrons. The quantitative estimate of drug-likeness (QED) is 0.634. The maximum atomic E-state index is 13.4. The minimum absolute atomic E-state index is 0.00189. The van der Waals surface area contributed by atoms with Gasteiger partial charge in [-0.25, -0.2) is 16.8 Å². The number of piperidine rings is 1. The maximum absolute atomic E-state index is 13.4. The number of likely N-dealkylation sites (tertiary alicyclic amines) is 1. The summed E-state index contributed by atoms with van der Waals surface area (Å²) < 4.78 is 46.9. The smallest absolute Gasteiger partial charge is 0.268 e. The number of rotatable bonds is 4. The monoisotopic (exact) mass is 422 g/mol. The normalized spacial score (nSPS) is 16.5. The first kappa shape index (κ1) is 19.2. The topological polar surface area (TPSA) is 51.5 Å². The lowest BCUT2D eigenvalue weighted by atomic mass is 10.1. The Balaban J connectivity index is 1.68. The first-order valence-electron chi connectivity index (χ1n) is 9.01. The number of ether oxygens (including phenoxy) is 1. The second kappa shape index (κ2) is 7.39. The fourth-order valence-corrected chi connectivity index (χ4v) is 4.96. The van der Waals surface area contributed by atoms with E-state index in [1.165, 1.54) is 42.6 Å². The Morgan fingerprint density at radius 2 is 1.86 bits per heavy atom. The summed E-state index contributed by atoms with van der Waals surface area (Å²) in [5.74, 6) is -0.0530. The van der Waals surface area contributed by atoms with Crippen LogP contribution in [0.15, 0.2) is 53.6 Å². The highest BCUT2D eigenvalue weighted by molar-refractivity contribution is 7.90. The number of nitrogens with zero attached hydrogens (tertiary/aromatic N) is 2. The van der Waals surface area contributed by atoms with Crippen LogP contribution < -0.4 is 4.74 Å². The van der Waals surface area contributed by atoms with Crippen LogP contribution in [0.3, 0.4) is 0 Å². The van der Waals surface area contributed by atoms with Crippen LogP contribution in [0, 0.1) is 5.82 Å². The second-order valence-corrected chi connectivity index (χ2v) is 9.25.